The van der Waals surface area contributed by atoms with Gasteiger partial charge in [0.25, 0.3) is 5.19 Å². The Labute approximate surface area is 110 Å². The first-order valence-corrected chi connectivity index (χ1v) is 7.92. The third-order valence-electron chi connectivity index (χ3n) is 1.59. The maximum atomic E-state index is 12.0. The summed E-state index contributed by atoms with van der Waals surface area (Å²) < 4.78 is 36.1. The zero-order valence-corrected chi connectivity index (χ0v) is 12.3. The third kappa shape index (κ3) is 4.89. The number of hydrogen-bond donors (Lipinski definition) is 0. The average Bonchev–Trinajstić information content (AvgIpc) is 2.74. The highest BCUT2D eigenvalue weighted by atomic mass is 32.1. The molecule has 18 heavy (non-hydrogen) atoms. The number of phosphoric acid groups is 1. The Hall–Kier alpha value is -0.690. The van der Waals surface area contributed by atoms with E-state index in [0.29, 0.717) is 11.8 Å². The van der Waals surface area contributed by atoms with E-state index in [1.54, 1.807) is 13.8 Å². The van der Waals surface area contributed by atoms with Crippen LogP contribution < -0.4 is 9.26 Å². The summed E-state index contributed by atoms with van der Waals surface area (Å²) in [6, 6.07) is -0.0589. The Morgan fingerprint density at radius 1 is 1.22 bits per heavy atom. The summed E-state index contributed by atoms with van der Waals surface area (Å²) >= 11 is 1.03. The standard InChI is InChI=1S/C9H17N2O5PS/c1-4-7-13-9-10-8(11-18-9)16-17(12,14-5-2)15-6-3/h4-7H2,1-3H3. The molecule has 7 nitrogen and oxygen atoms in total. The van der Waals surface area contributed by atoms with Gasteiger partial charge < -0.3 is 9.26 Å². The smallest absolute Gasteiger partial charge is 0.469 e. The lowest BCUT2D eigenvalue weighted by Gasteiger charge is -2.14. The highest BCUT2D eigenvalue weighted by Crippen LogP contribution is 2.48. The van der Waals surface area contributed by atoms with Crippen molar-refractivity contribution in [1.82, 2.24) is 9.36 Å². The molecule has 0 atom stereocenters. The minimum absolute atomic E-state index is 0.0589. The fourth-order valence-corrected chi connectivity index (χ4v) is 2.63. The van der Waals surface area contributed by atoms with Crippen LogP contribution in [0.15, 0.2) is 0 Å². The van der Waals surface area contributed by atoms with Crippen molar-refractivity contribution >= 4 is 19.4 Å². The zero-order chi connectivity index (χ0) is 13.4. The highest BCUT2D eigenvalue weighted by molar-refractivity contribution is 7.48. The lowest BCUT2D eigenvalue weighted by atomic mass is 10.5. The molecule has 0 aliphatic heterocycles. The topological polar surface area (TPSA) is 79.8 Å². The highest BCUT2D eigenvalue weighted by Gasteiger charge is 2.29. The first-order chi connectivity index (χ1) is 8.63. The van der Waals surface area contributed by atoms with Crippen LogP contribution in [0, 0.1) is 0 Å². The lowest BCUT2D eigenvalue weighted by molar-refractivity contribution is 0.164. The molecule has 0 amide bonds. The molecule has 0 N–H and O–H groups in total. The molecule has 0 saturated heterocycles. The van der Waals surface area contributed by atoms with Gasteiger partial charge in [0.05, 0.1) is 19.8 Å². The summed E-state index contributed by atoms with van der Waals surface area (Å²) in [5.74, 6) is 0. The van der Waals surface area contributed by atoms with Crippen molar-refractivity contribution in [3.05, 3.63) is 0 Å². The third-order valence-corrected chi connectivity index (χ3v) is 3.73. The summed E-state index contributed by atoms with van der Waals surface area (Å²) in [7, 11) is -3.63. The summed E-state index contributed by atoms with van der Waals surface area (Å²) in [4.78, 5) is 3.93. The van der Waals surface area contributed by atoms with Gasteiger partial charge in [-0.15, -0.1) is 9.36 Å². The van der Waals surface area contributed by atoms with Gasteiger partial charge in [-0.05, 0) is 20.3 Å². The fraction of sp³-hybridized carbons (Fsp3) is 0.778. The second-order valence-electron chi connectivity index (χ2n) is 3.07. The van der Waals surface area contributed by atoms with Gasteiger partial charge in [-0.2, -0.15) is 0 Å². The maximum Gasteiger partial charge on any atom is 0.532 e. The second kappa shape index (κ2) is 7.68. The molecule has 0 saturated carbocycles. The van der Waals surface area contributed by atoms with E-state index in [-0.39, 0.29) is 19.2 Å². The number of phosphoric ester groups is 1. The van der Waals surface area contributed by atoms with Crippen LogP contribution in [-0.4, -0.2) is 29.2 Å². The molecular formula is C9H17N2O5PS. The Bertz CT molecular complexity index is 390. The minimum Gasteiger partial charge on any atom is -0.469 e. The Kier molecular flexibility index (Phi) is 6.56. The SMILES string of the molecule is CCCOc1nc(OP(=O)(OCC)OCC)ns1. The monoisotopic (exact) mass is 296 g/mol. The Balaban J connectivity index is 2.63. The predicted octanol–water partition coefficient (Wildman–Crippen LogP) is 2.89. The van der Waals surface area contributed by atoms with E-state index in [1.165, 1.54) is 0 Å². The van der Waals surface area contributed by atoms with Gasteiger partial charge in [-0.1, -0.05) is 6.92 Å². The minimum atomic E-state index is -3.63. The van der Waals surface area contributed by atoms with Crippen LogP contribution in [0.1, 0.15) is 27.2 Å². The number of rotatable bonds is 9. The van der Waals surface area contributed by atoms with Crippen molar-refractivity contribution in [2.24, 2.45) is 0 Å². The first kappa shape index (κ1) is 15.4. The molecule has 9 heteroatoms. The molecule has 1 rings (SSSR count). The van der Waals surface area contributed by atoms with Crippen molar-refractivity contribution in [3.63, 3.8) is 0 Å². The molecule has 0 fully saturated rings. The Morgan fingerprint density at radius 2 is 1.89 bits per heavy atom. The summed E-state index contributed by atoms with van der Waals surface area (Å²) in [6.07, 6.45) is 0.867. The van der Waals surface area contributed by atoms with Gasteiger partial charge in [0.15, 0.2) is 0 Å². The molecule has 0 unspecified atom stereocenters. The van der Waals surface area contributed by atoms with Crippen LogP contribution in [0.25, 0.3) is 0 Å². The molecule has 104 valence electrons. The van der Waals surface area contributed by atoms with E-state index in [2.05, 4.69) is 9.36 Å². The van der Waals surface area contributed by atoms with Gasteiger partial charge >= 0.3 is 13.8 Å². The summed E-state index contributed by atoms with van der Waals surface area (Å²) in [6.45, 7) is 6.33. The van der Waals surface area contributed by atoms with Gasteiger partial charge in [-0.3, -0.25) is 9.05 Å². The molecule has 1 heterocycles. The molecule has 1 aromatic heterocycles. The van der Waals surface area contributed by atoms with E-state index in [4.69, 9.17) is 18.3 Å². The normalized spacial score (nSPS) is 11.5. The van der Waals surface area contributed by atoms with Crippen molar-refractivity contribution < 1.29 is 22.9 Å². The Morgan fingerprint density at radius 3 is 2.44 bits per heavy atom. The average molecular weight is 296 g/mol. The number of nitrogens with zero attached hydrogens (tertiary/aromatic N) is 2. The summed E-state index contributed by atoms with van der Waals surface area (Å²) in [5.41, 5.74) is 0. The van der Waals surface area contributed by atoms with Crippen LogP contribution >= 0.6 is 19.4 Å². The van der Waals surface area contributed by atoms with E-state index in [9.17, 15) is 4.57 Å². The fourth-order valence-electron chi connectivity index (χ4n) is 0.988. The van der Waals surface area contributed by atoms with E-state index in [0.717, 1.165) is 18.0 Å². The first-order valence-electron chi connectivity index (χ1n) is 5.68. The zero-order valence-electron chi connectivity index (χ0n) is 10.6. The molecule has 0 spiro atoms. The van der Waals surface area contributed by atoms with Crippen LogP contribution in [0.3, 0.4) is 0 Å². The molecule has 0 radical (unpaired) electrons. The lowest BCUT2D eigenvalue weighted by Crippen LogP contribution is -2.03. The maximum absolute atomic E-state index is 12.0. The van der Waals surface area contributed by atoms with Crippen LogP contribution in [0.4, 0.5) is 0 Å². The quantitative estimate of drug-likeness (QED) is 0.648. The van der Waals surface area contributed by atoms with Crippen LogP contribution in [-0.2, 0) is 13.6 Å². The molecule has 0 aliphatic carbocycles. The van der Waals surface area contributed by atoms with Crippen molar-refractivity contribution in [2.45, 2.75) is 27.2 Å². The molecule has 0 aromatic carbocycles. The van der Waals surface area contributed by atoms with Gasteiger partial charge in [0, 0.05) is 11.5 Å². The second-order valence-corrected chi connectivity index (χ2v) is 5.37. The van der Waals surface area contributed by atoms with Gasteiger partial charge in [0.2, 0.25) is 0 Å². The summed E-state index contributed by atoms with van der Waals surface area (Å²) in [5, 5.41) is 0.367. The van der Waals surface area contributed by atoms with Crippen LogP contribution in [0.2, 0.25) is 0 Å². The van der Waals surface area contributed by atoms with E-state index < -0.39 is 7.82 Å². The van der Waals surface area contributed by atoms with Crippen molar-refractivity contribution in [1.29, 1.82) is 0 Å². The van der Waals surface area contributed by atoms with E-state index >= 15 is 0 Å². The molecular weight excluding hydrogens is 279 g/mol. The number of aromatic nitrogens is 2. The van der Waals surface area contributed by atoms with Crippen LogP contribution in [0.5, 0.6) is 11.2 Å². The van der Waals surface area contributed by atoms with E-state index in [1.807, 2.05) is 6.92 Å². The van der Waals surface area contributed by atoms with Gasteiger partial charge in [0.1, 0.15) is 0 Å². The molecule has 1 aromatic rings. The van der Waals surface area contributed by atoms with Crippen molar-refractivity contribution in [2.75, 3.05) is 19.8 Å². The van der Waals surface area contributed by atoms with Gasteiger partial charge in [-0.25, -0.2) is 4.57 Å². The molecule has 0 bridgehead atoms. The van der Waals surface area contributed by atoms with Crippen molar-refractivity contribution in [3.8, 4) is 11.2 Å². The predicted molar refractivity (Wildman–Crippen MR) is 67.2 cm³/mol. The largest absolute Gasteiger partial charge is 0.532 e. The number of ether oxygens (including phenoxy) is 1. The number of hydrogen-bond acceptors (Lipinski definition) is 8. The molecule has 0 aliphatic rings.